The minimum absolute atomic E-state index is 0.0272. The largest absolute Gasteiger partial charge is 0.0940 e. The summed E-state index contributed by atoms with van der Waals surface area (Å²) in [6.45, 7) is 26.7. The van der Waals surface area contributed by atoms with Crippen LogP contribution in [0.3, 0.4) is 0 Å². The molecule has 2 heteroatoms. The Bertz CT molecular complexity index is 524. The van der Waals surface area contributed by atoms with Gasteiger partial charge in [0, 0.05) is 0 Å². The zero-order valence-electron chi connectivity index (χ0n) is 18.7. The number of rotatable bonds is 5. The topological polar surface area (TPSA) is 0 Å². The van der Waals surface area contributed by atoms with Crippen LogP contribution in [0, 0.1) is 0 Å². The summed E-state index contributed by atoms with van der Waals surface area (Å²) in [6, 6.07) is 9.29. The normalized spacial score (nSPS) is 15.1. The van der Waals surface area contributed by atoms with Gasteiger partial charge in [-0.15, -0.1) is 0 Å². The van der Waals surface area contributed by atoms with Crippen molar-refractivity contribution in [3.63, 3.8) is 0 Å². The first-order chi connectivity index (χ1) is 11.1. The van der Waals surface area contributed by atoms with Crippen LogP contribution in [-0.2, 0) is 12.3 Å². The zero-order chi connectivity index (χ0) is 19.6. The molecule has 0 heterocycles. The highest BCUT2D eigenvalue weighted by Gasteiger charge is 2.35. The summed E-state index contributed by atoms with van der Waals surface area (Å²) in [4.78, 5) is 0. The van der Waals surface area contributed by atoms with Gasteiger partial charge in [0.1, 0.15) is 0 Å². The van der Waals surface area contributed by atoms with Gasteiger partial charge in [-0.3, -0.25) is 0 Å². The highest BCUT2D eigenvalue weighted by Crippen LogP contribution is 2.62. The Labute approximate surface area is 161 Å². The Morgan fingerprint density at radius 3 is 1.40 bits per heavy atom. The lowest BCUT2D eigenvalue weighted by Crippen LogP contribution is -2.26. The van der Waals surface area contributed by atoms with E-state index in [4.69, 9.17) is 0 Å². The van der Waals surface area contributed by atoms with Crippen LogP contribution < -0.4 is 0 Å². The molecule has 0 amide bonds. The van der Waals surface area contributed by atoms with Crippen molar-refractivity contribution in [2.45, 2.75) is 110 Å². The molecule has 0 aliphatic heterocycles. The third kappa shape index (κ3) is 6.96. The van der Waals surface area contributed by atoms with E-state index < -0.39 is 0 Å². The van der Waals surface area contributed by atoms with E-state index in [9.17, 15) is 0 Å². The van der Waals surface area contributed by atoms with Crippen LogP contribution in [0.2, 0.25) is 0 Å². The highest BCUT2D eigenvalue weighted by molar-refractivity contribution is 7.60. The molecule has 1 atom stereocenters. The molecule has 0 aliphatic rings. The van der Waals surface area contributed by atoms with Crippen molar-refractivity contribution in [3.05, 3.63) is 35.4 Å². The summed E-state index contributed by atoms with van der Waals surface area (Å²) in [7, 11) is -0.124. The lowest BCUT2D eigenvalue weighted by molar-refractivity contribution is 0.702. The van der Waals surface area contributed by atoms with E-state index in [1.165, 1.54) is 12.3 Å². The second-order valence-corrected chi connectivity index (χ2v) is 18.1. The Balaban J connectivity index is 3.19. The molecular formula is C23H42P2. The van der Waals surface area contributed by atoms with Crippen molar-refractivity contribution in [2.75, 3.05) is 0 Å². The van der Waals surface area contributed by atoms with Gasteiger partial charge in [0.15, 0.2) is 0 Å². The van der Waals surface area contributed by atoms with Crippen LogP contribution >= 0.6 is 15.8 Å². The number of benzene rings is 1. The predicted molar refractivity (Wildman–Crippen MR) is 122 cm³/mol. The van der Waals surface area contributed by atoms with Crippen molar-refractivity contribution in [1.29, 1.82) is 0 Å². The lowest BCUT2D eigenvalue weighted by atomic mass is 10.1. The molecule has 0 radical (unpaired) electrons. The molecule has 1 unspecified atom stereocenters. The molecule has 0 saturated carbocycles. The second-order valence-electron chi connectivity index (χ2n) is 10.6. The van der Waals surface area contributed by atoms with Gasteiger partial charge in [0.25, 0.3) is 0 Å². The van der Waals surface area contributed by atoms with E-state index in [-0.39, 0.29) is 15.8 Å². The molecule has 0 saturated heterocycles. The van der Waals surface area contributed by atoms with Gasteiger partial charge in [0.05, 0.1) is 0 Å². The van der Waals surface area contributed by atoms with Crippen molar-refractivity contribution >= 4 is 15.8 Å². The Morgan fingerprint density at radius 1 is 0.680 bits per heavy atom. The zero-order valence-corrected chi connectivity index (χ0v) is 20.5. The second kappa shape index (κ2) is 8.40. The van der Waals surface area contributed by atoms with E-state index in [1.807, 2.05) is 0 Å². The number of hydrogen-bond acceptors (Lipinski definition) is 0. The molecule has 0 spiro atoms. The van der Waals surface area contributed by atoms with Crippen LogP contribution in [0.4, 0.5) is 0 Å². The highest BCUT2D eigenvalue weighted by atomic mass is 31.1. The van der Waals surface area contributed by atoms with E-state index in [1.54, 1.807) is 11.1 Å². The molecule has 1 aromatic carbocycles. The first kappa shape index (κ1) is 23.1. The van der Waals surface area contributed by atoms with Gasteiger partial charge in [0.2, 0.25) is 0 Å². The van der Waals surface area contributed by atoms with Crippen molar-refractivity contribution in [3.8, 4) is 0 Å². The molecule has 0 nitrogen and oxygen atoms in total. The minimum atomic E-state index is -0.0965. The van der Waals surface area contributed by atoms with Crippen LogP contribution in [0.25, 0.3) is 0 Å². The molecule has 0 N–H and O–H groups in total. The minimum Gasteiger partial charge on any atom is -0.0940 e. The van der Waals surface area contributed by atoms with Crippen molar-refractivity contribution in [1.82, 2.24) is 0 Å². The molecule has 144 valence electrons. The van der Waals surface area contributed by atoms with E-state index in [0.717, 1.165) is 5.66 Å². The van der Waals surface area contributed by atoms with Crippen LogP contribution in [0.5, 0.6) is 0 Å². The van der Waals surface area contributed by atoms with Gasteiger partial charge >= 0.3 is 0 Å². The Hall–Kier alpha value is 0.0800. The Kier molecular flexibility index (Phi) is 7.77. The molecule has 1 aromatic rings. The standard InChI is InChI=1S/C23H42P2/c1-18(2)24(21(3,4)5)16-19-14-12-13-15-20(19)17-25(22(6,7)8)23(9,10)11/h12-15,18H,16-17H2,1-11H3. The molecule has 0 aliphatic carbocycles. The first-order valence-electron chi connectivity index (χ1n) is 9.75. The summed E-state index contributed by atoms with van der Waals surface area (Å²) in [5.41, 5.74) is 3.99. The van der Waals surface area contributed by atoms with Gasteiger partial charge in [-0.1, -0.05) is 116 Å². The van der Waals surface area contributed by atoms with Gasteiger partial charge < -0.3 is 0 Å². The molecular weight excluding hydrogens is 338 g/mol. The quantitative estimate of drug-likeness (QED) is 0.449. The van der Waals surface area contributed by atoms with E-state index in [2.05, 4.69) is 100 Å². The maximum atomic E-state index is 2.43. The molecule has 25 heavy (non-hydrogen) atoms. The molecule has 0 bridgehead atoms. The summed E-state index contributed by atoms with van der Waals surface area (Å²) in [6.07, 6.45) is 2.52. The van der Waals surface area contributed by atoms with Crippen molar-refractivity contribution in [2.24, 2.45) is 0 Å². The summed E-state index contributed by atoms with van der Waals surface area (Å²) in [5, 5.41) is 1.18. The third-order valence-electron chi connectivity index (χ3n) is 4.89. The fraction of sp³-hybridized carbons (Fsp3) is 0.739. The predicted octanol–water partition coefficient (Wildman–Crippen LogP) is 8.45. The van der Waals surface area contributed by atoms with Crippen molar-refractivity contribution < 1.29 is 0 Å². The molecule has 1 rings (SSSR count). The van der Waals surface area contributed by atoms with Gasteiger partial charge in [-0.05, 0) is 44.6 Å². The van der Waals surface area contributed by atoms with E-state index in [0.29, 0.717) is 15.5 Å². The summed E-state index contributed by atoms with van der Waals surface area (Å²) in [5.74, 6) is 0. The fourth-order valence-electron chi connectivity index (χ4n) is 3.89. The summed E-state index contributed by atoms with van der Waals surface area (Å²) < 4.78 is 0. The SMILES string of the molecule is CC(C)P(Cc1ccccc1CP(C(C)(C)C)C(C)(C)C)C(C)(C)C. The number of hydrogen-bond donors (Lipinski definition) is 0. The van der Waals surface area contributed by atoms with Crippen LogP contribution in [0.1, 0.15) is 87.3 Å². The Morgan fingerprint density at radius 2 is 1.08 bits per heavy atom. The summed E-state index contributed by atoms with van der Waals surface area (Å²) >= 11 is 0. The lowest BCUT2D eigenvalue weighted by Gasteiger charge is -2.42. The first-order valence-corrected chi connectivity index (χ1v) is 12.9. The molecule has 0 fully saturated rings. The average Bonchev–Trinajstić information content (AvgIpc) is 2.38. The fourth-order valence-corrected chi connectivity index (χ4v) is 10.6. The molecule has 0 aromatic heterocycles. The average molecular weight is 381 g/mol. The third-order valence-corrected chi connectivity index (χ3v) is 12.4. The van der Waals surface area contributed by atoms with E-state index >= 15 is 0 Å². The van der Waals surface area contributed by atoms with Crippen LogP contribution in [-0.4, -0.2) is 21.1 Å². The monoisotopic (exact) mass is 380 g/mol. The maximum absolute atomic E-state index is 2.43. The smallest absolute Gasteiger partial charge is 0.00608 e. The maximum Gasteiger partial charge on any atom is -0.00608 e. The van der Waals surface area contributed by atoms with Crippen LogP contribution in [0.15, 0.2) is 24.3 Å². The van der Waals surface area contributed by atoms with Gasteiger partial charge in [-0.2, -0.15) is 0 Å². The van der Waals surface area contributed by atoms with Gasteiger partial charge in [-0.25, -0.2) is 0 Å².